The summed E-state index contributed by atoms with van der Waals surface area (Å²) < 4.78 is 7.16. The Morgan fingerprint density at radius 1 is 1.13 bits per heavy atom. The number of amides is 2. The average Bonchev–Trinajstić information content (AvgIpc) is 3.41. The number of likely N-dealkylation sites (tertiary alicyclic amines) is 1. The van der Waals surface area contributed by atoms with Gasteiger partial charge in [0.15, 0.2) is 5.60 Å². The molecule has 1 atom stereocenters. The fourth-order valence-electron chi connectivity index (χ4n) is 5.08. The van der Waals surface area contributed by atoms with Crippen molar-refractivity contribution >= 4 is 12.0 Å². The zero-order valence-electron chi connectivity index (χ0n) is 17.3. The van der Waals surface area contributed by atoms with Gasteiger partial charge in [-0.2, -0.15) is 0 Å². The average molecular weight is 407 g/mol. The highest BCUT2D eigenvalue weighted by Crippen LogP contribution is 2.32. The van der Waals surface area contributed by atoms with Crippen molar-refractivity contribution < 1.29 is 14.3 Å². The maximum Gasteiger partial charge on any atom is 0.410 e. The molecule has 2 amide bonds. The molecule has 1 unspecified atom stereocenters. The lowest BCUT2D eigenvalue weighted by Crippen LogP contribution is -2.41. The second-order valence-electron chi connectivity index (χ2n) is 8.70. The van der Waals surface area contributed by atoms with Crippen LogP contribution in [-0.2, 0) is 17.6 Å². The van der Waals surface area contributed by atoms with Gasteiger partial charge >= 0.3 is 6.09 Å². The van der Waals surface area contributed by atoms with E-state index in [2.05, 4.69) is 6.07 Å². The van der Waals surface area contributed by atoms with Crippen molar-refractivity contribution in [3.8, 4) is 5.69 Å². The Kier molecular flexibility index (Phi) is 4.24. The highest BCUT2D eigenvalue weighted by atomic mass is 16.6. The van der Waals surface area contributed by atoms with Gasteiger partial charge in [0.05, 0.1) is 18.8 Å². The van der Waals surface area contributed by atoms with E-state index in [0.717, 1.165) is 24.9 Å². The standard InChI is InChI=1S/C23H25N3O4/c1-15-9-11-26(18-8-4-6-16-5-3-7-17(16)18)21(28)19(15)20(27)25-12-10-23(14-25)13-24(2)22(29)30-23/h4,6,8-9,11H,3,5,7,10,12-14H2,1-2H3. The number of aryl methyl sites for hydroxylation is 2. The van der Waals surface area contributed by atoms with Gasteiger partial charge in [-0.1, -0.05) is 12.1 Å². The van der Waals surface area contributed by atoms with Crippen LogP contribution in [0.1, 0.15) is 39.9 Å². The molecule has 2 fully saturated rings. The highest BCUT2D eigenvalue weighted by molar-refractivity contribution is 5.95. The molecule has 0 radical (unpaired) electrons. The lowest BCUT2D eigenvalue weighted by molar-refractivity contribution is 0.0551. The van der Waals surface area contributed by atoms with Gasteiger partial charge in [0, 0.05) is 26.2 Å². The quantitative estimate of drug-likeness (QED) is 0.766. The molecule has 1 aromatic heterocycles. The van der Waals surface area contributed by atoms with Crippen LogP contribution in [0.2, 0.25) is 0 Å². The van der Waals surface area contributed by atoms with E-state index >= 15 is 0 Å². The maximum absolute atomic E-state index is 13.4. The molecule has 3 aliphatic rings. The number of carbonyl (C=O) groups excluding carboxylic acids is 2. The van der Waals surface area contributed by atoms with Gasteiger partial charge in [0.2, 0.25) is 0 Å². The molecule has 3 heterocycles. The Balaban J connectivity index is 1.50. The van der Waals surface area contributed by atoms with E-state index in [1.54, 1.807) is 29.6 Å². The zero-order chi connectivity index (χ0) is 21.0. The third kappa shape index (κ3) is 2.83. The molecule has 0 saturated carbocycles. The first-order valence-corrected chi connectivity index (χ1v) is 10.5. The van der Waals surface area contributed by atoms with Crippen LogP contribution in [0.4, 0.5) is 4.79 Å². The summed E-state index contributed by atoms with van der Waals surface area (Å²) >= 11 is 0. The van der Waals surface area contributed by atoms with Crippen molar-refractivity contribution in [2.24, 2.45) is 0 Å². The SMILES string of the molecule is Cc1ccn(-c2cccc3c2CCC3)c(=O)c1C(=O)N1CCC2(CN(C)C(=O)O2)C1. The number of pyridine rings is 1. The van der Waals surface area contributed by atoms with Crippen LogP contribution >= 0.6 is 0 Å². The summed E-state index contributed by atoms with van der Waals surface area (Å²) in [6, 6.07) is 7.87. The van der Waals surface area contributed by atoms with E-state index in [4.69, 9.17) is 4.74 Å². The Labute approximate surface area is 174 Å². The number of ether oxygens (including phenoxy) is 1. The molecule has 1 spiro atoms. The van der Waals surface area contributed by atoms with E-state index in [0.29, 0.717) is 31.6 Å². The molecule has 1 aliphatic carbocycles. The minimum atomic E-state index is -0.663. The van der Waals surface area contributed by atoms with Gasteiger partial charge in [0.25, 0.3) is 11.5 Å². The number of nitrogens with zero attached hydrogens (tertiary/aromatic N) is 3. The van der Waals surface area contributed by atoms with Crippen LogP contribution in [0.25, 0.3) is 5.69 Å². The van der Waals surface area contributed by atoms with Crippen LogP contribution in [0, 0.1) is 6.92 Å². The lowest BCUT2D eigenvalue weighted by atomic mass is 10.0. The fourth-order valence-corrected chi connectivity index (χ4v) is 5.08. The summed E-state index contributed by atoms with van der Waals surface area (Å²) in [7, 11) is 1.69. The van der Waals surface area contributed by atoms with E-state index in [1.807, 2.05) is 18.2 Å². The summed E-state index contributed by atoms with van der Waals surface area (Å²) in [5.74, 6) is -0.290. The topological polar surface area (TPSA) is 71.9 Å². The Bertz CT molecular complexity index is 1120. The first kappa shape index (κ1) is 18.9. The molecule has 2 saturated heterocycles. The van der Waals surface area contributed by atoms with E-state index in [9.17, 15) is 14.4 Å². The van der Waals surface area contributed by atoms with Crippen molar-refractivity contribution in [3.05, 3.63) is 63.1 Å². The van der Waals surface area contributed by atoms with Crippen LogP contribution in [0.3, 0.4) is 0 Å². The lowest BCUT2D eigenvalue weighted by Gasteiger charge is -2.22. The summed E-state index contributed by atoms with van der Waals surface area (Å²) in [5.41, 5.74) is 3.25. The number of carbonyl (C=O) groups is 2. The normalized spacial score (nSPS) is 22.7. The van der Waals surface area contributed by atoms with Gasteiger partial charge in [-0.05, 0) is 55.0 Å². The molecule has 7 heteroatoms. The molecular weight excluding hydrogens is 382 g/mol. The zero-order valence-corrected chi connectivity index (χ0v) is 17.3. The third-order valence-corrected chi connectivity index (χ3v) is 6.64. The van der Waals surface area contributed by atoms with E-state index in [-0.39, 0.29) is 23.1 Å². The number of rotatable bonds is 2. The summed E-state index contributed by atoms with van der Waals surface area (Å²) in [6.45, 7) is 3.04. The Morgan fingerprint density at radius 3 is 2.73 bits per heavy atom. The van der Waals surface area contributed by atoms with Crippen molar-refractivity contribution in [2.75, 3.05) is 26.7 Å². The minimum absolute atomic E-state index is 0.197. The molecule has 1 aromatic carbocycles. The molecule has 0 N–H and O–H groups in total. The Hall–Kier alpha value is -3.09. The number of hydrogen-bond donors (Lipinski definition) is 0. The second-order valence-corrected chi connectivity index (χ2v) is 8.70. The van der Waals surface area contributed by atoms with Crippen LogP contribution in [0.5, 0.6) is 0 Å². The van der Waals surface area contributed by atoms with Crippen molar-refractivity contribution in [1.29, 1.82) is 0 Å². The molecule has 2 aliphatic heterocycles. The first-order chi connectivity index (χ1) is 14.4. The Morgan fingerprint density at radius 2 is 1.97 bits per heavy atom. The first-order valence-electron chi connectivity index (χ1n) is 10.5. The predicted molar refractivity (Wildman–Crippen MR) is 111 cm³/mol. The second kappa shape index (κ2) is 6.72. The molecule has 2 aromatic rings. The minimum Gasteiger partial charge on any atom is -0.439 e. The monoisotopic (exact) mass is 407 g/mol. The third-order valence-electron chi connectivity index (χ3n) is 6.64. The highest BCUT2D eigenvalue weighted by Gasteiger charge is 2.50. The number of hydrogen-bond acceptors (Lipinski definition) is 4. The molecule has 156 valence electrons. The predicted octanol–water partition coefficient (Wildman–Crippen LogP) is 2.30. The molecule has 7 nitrogen and oxygen atoms in total. The number of aromatic nitrogens is 1. The van der Waals surface area contributed by atoms with Crippen molar-refractivity contribution in [2.45, 2.75) is 38.2 Å². The van der Waals surface area contributed by atoms with E-state index in [1.165, 1.54) is 16.0 Å². The summed E-state index contributed by atoms with van der Waals surface area (Å²) in [4.78, 5) is 41.8. The number of fused-ring (bicyclic) bond motifs is 1. The van der Waals surface area contributed by atoms with E-state index < -0.39 is 5.60 Å². The number of benzene rings is 1. The van der Waals surface area contributed by atoms with Crippen LogP contribution < -0.4 is 5.56 Å². The van der Waals surface area contributed by atoms with Crippen LogP contribution in [0.15, 0.2) is 35.3 Å². The fraction of sp³-hybridized carbons (Fsp3) is 0.435. The maximum atomic E-state index is 13.4. The molecular formula is C23H25N3O4. The smallest absolute Gasteiger partial charge is 0.410 e. The van der Waals surface area contributed by atoms with Crippen molar-refractivity contribution in [3.63, 3.8) is 0 Å². The molecule has 5 rings (SSSR count). The van der Waals surface area contributed by atoms with Gasteiger partial charge in [-0.3, -0.25) is 14.2 Å². The van der Waals surface area contributed by atoms with Gasteiger partial charge in [-0.15, -0.1) is 0 Å². The molecule has 0 bridgehead atoms. The van der Waals surface area contributed by atoms with Crippen molar-refractivity contribution in [1.82, 2.24) is 14.4 Å². The largest absolute Gasteiger partial charge is 0.439 e. The summed E-state index contributed by atoms with van der Waals surface area (Å²) in [6.07, 6.45) is 5.05. The summed E-state index contributed by atoms with van der Waals surface area (Å²) in [5, 5.41) is 0. The van der Waals surface area contributed by atoms with Gasteiger partial charge in [0.1, 0.15) is 5.56 Å². The van der Waals surface area contributed by atoms with Gasteiger partial charge < -0.3 is 14.5 Å². The number of likely N-dealkylation sites (N-methyl/N-ethyl adjacent to an activating group) is 1. The van der Waals surface area contributed by atoms with Crippen LogP contribution in [-0.4, -0.2) is 58.7 Å². The molecule has 30 heavy (non-hydrogen) atoms. The van der Waals surface area contributed by atoms with Gasteiger partial charge in [-0.25, -0.2) is 4.79 Å².